The van der Waals surface area contributed by atoms with Crippen molar-refractivity contribution >= 4 is 35.6 Å². The van der Waals surface area contributed by atoms with Gasteiger partial charge in [0.25, 0.3) is 0 Å². The van der Waals surface area contributed by atoms with E-state index in [1.807, 2.05) is 20.8 Å². The minimum absolute atomic E-state index is 0.0245. The fourth-order valence-corrected chi connectivity index (χ4v) is 2.96. The molecule has 0 aromatic carbocycles. The molecule has 1 aliphatic heterocycles. The molecule has 4 nitrogen and oxygen atoms in total. The van der Waals surface area contributed by atoms with Crippen molar-refractivity contribution in [3.63, 3.8) is 0 Å². The topological polar surface area (TPSA) is 46.6 Å². The van der Waals surface area contributed by atoms with E-state index in [1.165, 1.54) is 18.7 Å². The molecule has 0 bridgehead atoms. The molecule has 1 heterocycles. The molecule has 0 spiro atoms. The number of thioether (sulfide) groups is 1. The van der Waals surface area contributed by atoms with Gasteiger partial charge in [-0.05, 0) is 20.8 Å². The van der Waals surface area contributed by atoms with Gasteiger partial charge in [-0.15, -0.1) is 0 Å². The van der Waals surface area contributed by atoms with Gasteiger partial charge in [0.2, 0.25) is 0 Å². The average molecular weight is 277 g/mol. The minimum atomic E-state index is -0.491. The highest BCUT2D eigenvalue weighted by Crippen LogP contribution is 2.28. The molecule has 1 amide bonds. The monoisotopic (exact) mass is 277 g/mol. The van der Waals surface area contributed by atoms with Crippen LogP contribution in [0, 0.1) is 0 Å². The number of rotatable bonds is 1. The molecule has 1 aliphatic rings. The van der Waals surface area contributed by atoms with Crippen molar-refractivity contribution in [2.75, 3.05) is 13.1 Å². The number of ether oxygens (including phenoxy) is 1. The van der Waals surface area contributed by atoms with E-state index in [1.54, 1.807) is 4.90 Å². The van der Waals surface area contributed by atoms with Crippen LogP contribution in [0.2, 0.25) is 0 Å². The Hall–Kier alpha value is -0.360. The third-order valence-corrected chi connectivity index (χ3v) is 4.04. The van der Waals surface area contributed by atoms with Crippen LogP contribution in [-0.2, 0) is 9.53 Å². The van der Waals surface area contributed by atoms with Gasteiger partial charge < -0.3 is 9.64 Å². The number of carbonyl (C=O) groups excluding carboxylic acids is 2. The van der Waals surface area contributed by atoms with Crippen molar-refractivity contribution < 1.29 is 14.3 Å². The Kier molecular flexibility index (Phi) is 4.77. The molecule has 0 aromatic rings. The van der Waals surface area contributed by atoms with E-state index in [0.29, 0.717) is 13.1 Å². The molecular formula is C11H19NO3S2. The molecule has 2 atom stereocenters. The summed E-state index contributed by atoms with van der Waals surface area (Å²) in [5.74, 6) is 0. The fourth-order valence-electron chi connectivity index (χ4n) is 1.56. The summed E-state index contributed by atoms with van der Waals surface area (Å²) in [4.78, 5) is 24.5. The first-order valence-electron chi connectivity index (χ1n) is 5.52. The summed E-state index contributed by atoms with van der Waals surface area (Å²) in [6.07, 6.45) is -0.330. The summed E-state index contributed by atoms with van der Waals surface area (Å²) in [7, 11) is 0. The van der Waals surface area contributed by atoms with Gasteiger partial charge >= 0.3 is 6.09 Å². The maximum absolute atomic E-state index is 11.8. The first-order valence-corrected chi connectivity index (χ1v) is 6.92. The zero-order valence-electron chi connectivity index (χ0n) is 10.6. The number of thiol groups is 1. The van der Waals surface area contributed by atoms with Crippen molar-refractivity contribution in [3.05, 3.63) is 0 Å². The van der Waals surface area contributed by atoms with Crippen molar-refractivity contribution in [2.24, 2.45) is 0 Å². The highest BCUT2D eigenvalue weighted by atomic mass is 32.2. The minimum Gasteiger partial charge on any atom is -0.444 e. The third kappa shape index (κ3) is 4.79. The maximum atomic E-state index is 11.8. The molecule has 1 saturated heterocycles. The number of nitrogens with zero attached hydrogens (tertiary/aromatic N) is 1. The molecule has 1 fully saturated rings. The lowest BCUT2D eigenvalue weighted by molar-refractivity contribution is -0.109. The SMILES string of the molecule is CC(=O)SC1CN(C(=O)OC(C)(C)C)CC1S. The maximum Gasteiger partial charge on any atom is 0.410 e. The first-order chi connectivity index (χ1) is 7.69. The average Bonchev–Trinajstić information content (AvgIpc) is 2.44. The molecular weight excluding hydrogens is 258 g/mol. The molecule has 17 heavy (non-hydrogen) atoms. The first kappa shape index (κ1) is 14.7. The quantitative estimate of drug-likeness (QED) is 0.746. The van der Waals surface area contributed by atoms with Crippen LogP contribution >= 0.6 is 24.4 Å². The van der Waals surface area contributed by atoms with Crippen molar-refractivity contribution in [1.29, 1.82) is 0 Å². The normalized spacial score (nSPS) is 24.9. The van der Waals surface area contributed by atoms with E-state index in [0.717, 1.165) is 0 Å². The van der Waals surface area contributed by atoms with E-state index in [2.05, 4.69) is 12.6 Å². The predicted molar refractivity (Wildman–Crippen MR) is 72.6 cm³/mol. The summed E-state index contributed by atoms with van der Waals surface area (Å²) in [5, 5.41) is 0.139. The number of carbonyl (C=O) groups is 2. The Balaban J connectivity index is 2.53. The zero-order chi connectivity index (χ0) is 13.2. The second-order valence-corrected chi connectivity index (χ2v) is 7.18. The molecule has 0 N–H and O–H groups in total. The summed E-state index contributed by atoms with van der Waals surface area (Å²) in [5.41, 5.74) is -0.491. The molecule has 1 rings (SSSR count). The van der Waals surface area contributed by atoms with Gasteiger partial charge in [-0.1, -0.05) is 11.8 Å². The van der Waals surface area contributed by atoms with Crippen LogP contribution in [0.25, 0.3) is 0 Å². The smallest absolute Gasteiger partial charge is 0.410 e. The van der Waals surface area contributed by atoms with Gasteiger partial charge in [0.1, 0.15) is 5.60 Å². The molecule has 2 unspecified atom stereocenters. The Bertz CT molecular complexity index is 314. The Labute approximate surface area is 112 Å². The number of likely N-dealkylation sites (tertiary alicyclic amines) is 1. The second-order valence-electron chi connectivity index (χ2n) is 5.10. The number of hydrogen-bond acceptors (Lipinski definition) is 5. The van der Waals surface area contributed by atoms with Crippen LogP contribution in [0.3, 0.4) is 0 Å². The van der Waals surface area contributed by atoms with Gasteiger partial charge in [-0.3, -0.25) is 4.79 Å². The zero-order valence-corrected chi connectivity index (χ0v) is 12.3. The molecule has 0 aromatic heterocycles. The molecule has 6 heteroatoms. The summed E-state index contributed by atoms with van der Waals surface area (Å²) < 4.78 is 5.28. The van der Waals surface area contributed by atoms with Gasteiger partial charge in [0.15, 0.2) is 5.12 Å². The van der Waals surface area contributed by atoms with Crippen LogP contribution in [0.15, 0.2) is 0 Å². The van der Waals surface area contributed by atoms with E-state index >= 15 is 0 Å². The summed E-state index contributed by atoms with van der Waals surface area (Å²) in [6.45, 7) is 8.08. The summed E-state index contributed by atoms with van der Waals surface area (Å²) in [6, 6.07) is 0. The van der Waals surface area contributed by atoms with Gasteiger partial charge in [-0.2, -0.15) is 12.6 Å². The van der Waals surface area contributed by atoms with E-state index in [9.17, 15) is 9.59 Å². The van der Waals surface area contributed by atoms with E-state index in [4.69, 9.17) is 4.74 Å². The van der Waals surface area contributed by atoms with Crippen molar-refractivity contribution in [1.82, 2.24) is 4.90 Å². The molecule has 0 aliphatic carbocycles. The van der Waals surface area contributed by atoms with Crippen LogP contribution in [0.4, 0.5) is 4.79 Å². The predicted octanol–water partition coefficient (Wildman–Crippen LogP) is 2.18. The Morgan fingerprint density at radius 3 is 2.41 bits per heavy atom. The van der Waals surface area contributed by atoms with Crippen molar-refractivity contribution in [3.8, 4) is 0 Å². The molecule has 0 saturated carbocycles. The van der Waals surface area contributed by atoms with Crippen LogP contribution < -0.4 is 0 Å². The van der Waals surface area contributed by atoms with Crippen LogP contribution in [0.1, 0.15) is 27.7 Å². The van der Waals surface area contributed by atoms with Gasteiger partial charge in [0.05, 0.1) is 0 Å². The van der Waals surface area contributed by atoms with Gasteiger partial charge in [0, 0.05) is 30.5 Å². The Morgan fingerprint density at radius 2 is 1.94 bits per heavy atom. The third-order valence-electron chi connectivity index (χ3n) is 2.21. The highest BCUT2D eigenvalue weighted by Gasteiger charge is 2.36. The number of hydrogen-bond donors (Lipinski definition) is 1. The fraction of sp³-hybridized carbons (Fsp3) is 0.818. The lowest BCUT2D eigenvalue weighted by atomic mass is 10.2. The van der Waals surface area contributed by atoms with E-state index in [-0.39, 0.29) is 21.7 Å². The molecule has 98 valence electrons. The Morgan fingerprint density at radius 1 is 1.35 bits per heavy atom. The lowest BCUT2D eigenvalue weighted by Gasteiger charge is -2.24. The van der Waals surface area contributed by atoms with Crippen LogP contribution in [-0.4, -0.2) is 45.3 Å². The van der Waals surface area contributed by atoms with Gasteiger partial charge in [-0.25, -0.2) is 4.79 Å². The number of amides is 1. The highest BCUT2D eigenvalue weighted by molar-refractivity contribution is 8.14. The van der Waals surface area contributed by atoms with E-state index < -0.39 is 5.60 Å². The lowest BCUT2D eigenvalue weighted by Crippen LogP contribution is -2.35. The standard InChI is InChI=1S/C11H19NO3S2/c1-7(13)17-9-6-12(5-8(9)16)10(14)15-11(2,3)4/h8-9,16H,5-6H2,1-4H3. The van der Waals surface area contributed by atoms with Crippen molar-refractivity contribution in [2.45, 2.75) is 43.8 Å². The molecule has 0 radical (unpaired) electrons. The second kappa shape index (κ2) is 5.52. The largest absolute Gasteiger partial charge is 0.444 e. The summed E-state index contributed by atoms with van der Waals surface area (Å²) >= 11 is 5.65. The van der Waals surface area contributed by atoms with Crippen LogP contribution in [0.5, 0.6) is 0 Å².